The Labute approximate surface area is 121 Å². The highest BCUT2D eigenvalue weighted by atomic mass is 35.5. The molecule has 0 unspecified atom stereocenters. The van der Waals surface area contributed by atoms with Gasteiger partial charge in [0.25, 0.3) is 5.91 Å². The van der Waals surface area contributed by atoms with Crippen molar-refractivity contribution in [2.45, 2.75) is 6.18 Å². The normalized spacial score (nSPS) is 12.7. The summed E-state index contributed by atoms with van der Waals surface area (Å²) >= 11 is 5.47. The van der Waals surface area contributed by atoms with Gasteiger partial charge in [-0.25, -0.2) is 4.39 Å². The first-order valence-electron chi connectivity index (χ1n) is 5.36. The maximum atomic E-state index is 13.6. The van der Waals surface area contributed by atoms with Crippen molar-refractivity contribution in [3.8, 4) is 0 Å². The number of carbonyl (C=O) groups excluding carboxylic acids is 1. The first-order valence-corrected chi connectivity index (χ1v) is 5.74. The smallest absolute Gasteiger partial charge is 0.419 e. The molecule has 1 rings (SSSR count). The molecule has 114 valence electrons. The van der Waals surface area contributed by atoms with E-state index < -0.39 is 45.4 Å². The van der Waals surface area contributed by atoms with E-state index in [9.17, 15) is 27.5 Å². The minimum absolute atomic E-state index is 0.387. The van der Waals surface area contributed by atoms with Crippen molar-refractivity contribution < 1.29 is 27.5 Å². The molecule has 0 fully saturated rings. The van der Waals surface area contributed by atoms with Gasteiger partial charge in [-0.05, 0) is 12.1 Å². The van der Waals surface area contributed by atoms with E-state index >= 15 is 0 Å². The van der Waals surface area contributed by atoms with Crippen LogP contribution in [0.4, 0.5) is 17.6 Å². The molecule has 1 aromatic carbocycles. The zero-order valence-electron chi connectivity index (χ0n) is 10.5. The van der Waals surface area contributed by atoms with E-state index in [-0.39, 0.29) is 0 Å². The first kappa shape index (κ1) is 17.0. The Morgan fingerprint density at radius 3 is 2.43 bits per heavy atom. The highest BCUT2D eigenvalue weighted by molar-refractivity contribution is 6.33. The molecule has 1 amide bonds. The predicted octanol–water partition coefficient (Wildman–Crippen LogP) is 3.16. The molecule has 0 bridgehead atoms. The fraction of sp³-hybridized carbons (Fsp3) is 0.167. The van der Waals surface area contributed by atoms with Gasteiger partial charge in [-0.15, -0.1) is 0 Å². The lowest BCUT2D eigenvalue weighted by atomic mass is 10.1. The average Bonchev–Trinajstić information content (AvgIpc) is 2.40. The number of rotatable bonds is 3. The zero-order chi connectivity index (χ0) is 16.4. The fourth-order valence-corrected chi connectivity index (χ4v) is 1.73. The van der Waals surface area contributed by atoms with Crippen LogP contribution < -0.4 is 5.32 Å². The molecule has 3 N–H and O–H groups in total. The third-order valence-corrected chi connectivity index (χ3v) is 2.88. The van der Waals surface area contributed by atoms with E-state index in [0.29, 0.717) is 12.3 Å². The fourth-order valence-electron chi connectivity index (χ4n) is 1.47. The Bertz CT molecular complexity index is 626. The number of halogens is 5. The van der Waals surface area contributed by atoms with Crippen molar-refractivity contribution in [1.29, 1.82) is 5.41 Å². The van der Waals surface area contributed by atoms with E-state index in [1.807, 2.05) is 0 Å². The second kappa shape index (κ2) is 6.13. The number of aliphatic hydroxyl groups excluding tert-OH is 1. The monoisotopic (exact) mass is 324 g/mol. The molecule has 0 saturated heterocycles. The largest absolute Gasteiger partial charge is 0.506 e. The van der Waals surface area contributed by atoms with Crippen LogP contribution >= 0.6 is 11.6 Å². The van der Waals surface area contributed by atoms with Crippen LogP contribution in [0.3, 0.4) is 0 Å². The van der Waals surface area contributed by atoms with Gasteiger partial charge in [-0.3, -0.25) is 4.79 Å². The van der Waals surface area contributed by atoms with Gasteiger partial charge < -0.3 is 15.8 Å². The summed E-state index contributed by atoms with van der Waals surface area (Å²) < 4.78 is 51.1. The van der Waals surface area contributed by atoms with Crippen molar-refractivity contribution >= 4 is 29.5 Å². The van der Waals surface area contributed by atoms with E-state index in [2.05, 4.69) is 5.32 Å². The average molecular weight is 325 g/mol. The van der Waals surface area contributed by atoms with Gasteiger partial charge >= 0.3 is 6.18 Å². The Morgan fingerprint density at radius 1 is 1.43 bits per heavy atom. The Hall–Kier alpha value is -2.09. The molecule has 0 spiro atoms. The molecule has 0 atom stereocenters. The number of likely N-dealkylation sites (N-methyl/N-ethyl adjacent to an activating group) is 1. The summed E-state index contributed by atoms with van der Waals surface area (Å²) in [6.45, 7) is 0. The van der Waals surface area contributed by atoms with Gasteiger partial charge in [0.05, 0.1) is 16.2 Å². The summed E-state index contributed by atoms with van der Waals surface area (Å²) in [6, 6.07) is 1.11. The van der Waals surface area contributed by atoms with Crippen molar-refractivity contribution in [1.82, 2.24) is 5.32 Å². The minimum atomic E-state index is -4.95. The van der Waals surface area contributed by atoms with Crippen molar-refractivity contribution in [2.24, 2.45) is 0 Å². The second-order valence-electron chi connectivity index (χ2n) is 3.77. The van der Waals surface area contributed by atoms with Crippen LogP contribution in [0.25, 0.3) is 5.76 Å². The molecule has 0 aliphatic carbocycles. The first-order chi connectivity index (χ1) is 9.65. The van der Waals surface area contributed by atoms with Crippen LogP contribution in [-0.2, 0) is 11.0 Å². The lowest BCUT2D eigenvalue weighted by molar-refractivity contribution is -0.140. The van der Waals surface area contributed by atoms with Gasteiger partial charge in [-0.2, -0.15) is 13.2 Å². The van der Waals surface area contributed by atoms with Crippen LogP contribution in [0.1, 0.15) is 11.1 Å². The van der Waals surface area contributed by atoms with Gasteiger partial charge in [-0.1, -0.05) is 11.6 Å². The summed E-state index contributed by atoms with van der Waals surface area (Å²) in [7, 11) is 1.22. The molecule has 0 heterocycles. The maximum Gasteiger partial charge on any atom is 0.419 e. The molecular formula is C12H9ClF4N2O2. The van der Waals surface area contributed by atoms with Crippen molar-refractivity contribution in [3.63, 3.8) is 0 Å². The highest BCUT2D eigenvalue weighted by Crippen LogP contribution is 2.37. The number of hydrogen-bond donors (Lipinski definition) is 3. The highest BCUT2D eigenvalue weighted by Gasteiger charge is 2.36. The lowest BCUT2D eigenvalue weighted by Crippen LogP contribution is -2.22. The lowest BCUT2D eigenvalue weighted by Gasteiger charge is -2.12. The van der Waals surface area contributed by atoms with E-state index in [0.717, 1.165) is 6.07 Å². The number of hydrogen-bond acceptors (Lipinski definition) is 3. The Balaban J connectivity index is 3.53. The van der Waals surface area contributed by atoms with Crippen molar-refractivity contribution in [3.05, 3.63) is 39.7 Å². The number of alkyl halides is 3. The van der Waals surface area contributed by atoms with Crippen LogP contribution in [-0.4, -0.2) is 24.3 Å². The maximum absolute atomic E-state index is 13.6. The molecule has 0 radical (unpaired) electrons. The topological polar surface area (TPSA) is 73.2 Å². The van der Waals surface area contributed by atoms with Gasteiger partial charge in [0.1, 0.15) is 5.76 Å². The number of nitrogens with one attached hydrogen (secondary N) is 2. The summed E-state index contributed by atoms with van der Waals surface area (Å²) in [4.78, 5) is 11.4. The SMILES string of the molecule is CNC(=O)C(C=N)=C(O)c1ccc(C(F)(F)F)c(F)c1Cl. The van der Waals surface area contributed by atoms with Crippen LogP contribution in [0, 0.1) is 11.2 Å². The van der Waals surface area contributed by atoms with Gasteiger partial charge in [0, 0.05) is 18.8 Å². The summed E-state index contributed by atoms with van der Waals surface area (Å²) in [5.74, 6) is -3.55. The van der Waals surface area contributed by atoms with E-state index in [1.54, 1.807) is 0 Å². The minimum Gasteiger partial charge on any atom is -0.506 e. The molecule has 0 aliphatic heterocycles. The molecule has 0 aliphatic rings. The van der Waals surface area contributed by atoms with Crippen molar-refractivity contribution in [2.75, 3.05) is 7.05 Å². The Kier molecular flexibility index (Phi) is 4.95. The third-order valence-electron chi connectivity index (χ3n) is 2.51. The predicted molar refractivity (Wildman–Crippen MR) is 68.8 cm³/mol. The quantitative estimate of drug-likeness (QED) is 0.346. The molecule has 9 heteroatoms. The van der Waals surface area contributed by atoms with Crippen LogP contribution in [0.15, 0.2) is 17.7 Å². The van der Waals surface area contributed by atoms with Crippen LogP contribution in [0.2, 0.25) is 5.02 Å². The number of carbonyl (C=O) groups is 1. The van der Waals surface area contributed by atoms with Gasteiger partial charge in [0.15, 0.2) is 5.82 Å². The van der Waals surface area contributed by atoms with Crippen LogP contribution in [0.5, 0.6) is 0 Å². The summed E-state index contributed by atoms with van der Waals surface area (Å²) in [5, 5.41) is 18.0. The summed E-state index contributed by atoms with van der Waals surface area (Å²) in [5.41, 5.74) is -2.69. The molecule has 21 heavy (non-hydrogen) atoms. The number of aliphatic hydroxyl groups is 1. The van der Waals surface area contributed by atoms with E-state index in [1.165, 1.54) is 7.05 Å². The van der Waals surface area contributed by atoms with E-state index in [4.69, 9.17) is 17.0 Å². The molecule has 0 aromatic heterocycles. The number of amides is 1. The molecule has 4 nitrogen and oxygen atoms in total. The standard InChI is InChI=1S/C12H9ClF4N2O2/c1-19-11(21)6(4-18)10(20)5-2-3-7(12(15,16)17)9(14)8(5)13/h2-4,18,20H,1H3,(H,19,21). The summed E-state index contributed by atoms with van der Waals surface area (Å²) in [6.07, 6.45) is -4.48. The second-order valence-corrected chi connectivity index (χ2v) is 4.15. The molecular weight excluding hydrogens is 316 g/mol. The third kappa shape index (κ3) is 3.33. The molecule has 0 saturated carbocycles. The zero-order valence-corrected chi connectivity index (χ0v) is 11.2. The Morgan fingerprint density at radius 2 is 2.00 bits per heavy atom. The molecule has 1 aromatic rings. The number of benzene rings is 1. The van der Waals surface area contributed by atoms with Gasteiger partial charge in [0.2, 0.25) is 0 Å².